The van der Waals surface area contributed by atoms with Crippen molar-refractivity contribution in [1.82, 2.24) is 9.78 Å². The lowest BCUT2D eigenvalue weighted by Gasteiger charge is -2.08. The van der Waals surface area contributed by atoms with Gasteiger partial charge in [-0.05, 0) is 55.1 Å². The van der Waals surface area contributed by atoms with E-state index in [1.807, 2.05) is 6.92 Å². The minimum absolute atomic E-state index is 0.121. The summed E-state index contributed by atoms with van der Waals surface area (Å²) in [4.78, 5) is 12.1. The number of amides is 1. The number of thioether (sulfide) groups is 1. The number of hydrogen-bond acceptors (Lipinski definition) is 6. The smallest absolute Gasteiger partial charge is 0.246 e. The molecule has 30 heavy (non-hydrogen) atoms. The molecule has 7 nitrogen and oxygen atoms in total. The van der Waals surface area contributed by atoms with Gasteiger partial charge in [0.1, 0.15) is 28.1 Å². The number of aryl methyl sites for hydroxylation is 1. The summed E-state index contributed by atoms with van der Waals surface area (Å²) in [5, 5.41) is 7.48. The number of benzene rings is 2. The van der Waals surface area contributed by atoms with Crippen molar-refractivity contribution in [1.29, 1.82) is 0 Å². The first-order valence-electron chi connectivity index (χ1n) is 8.60. The van der Waals surface area contributed by atoms with Gasteiger partial charge in [0.25, 0.3) is 0 Å². The lowest BCUT2D eigenvalue weighted by molar-refractivity contribution is -0.116. The predicted octanol–water partition coefficient (Wildman–Crippen LogP) is 3.76. The molecule has 0 atom stereocenters. The molecule has 0 unspecified atom stereocenters. The number of rotatable bonds is 6. The van der Waals surface area contributed by atoms with Gasteiger partial charge in [-0.15, -0.1) is 11.8 Å². The topological polar surface area (TPSA) is 107 Å². The molecule has 2 aromatic carbocycles. The van der Waals surface area contributed by atoms with Crippen molar-refractivity contribution in [3.8, 4) is 0 Å². The standard InChI is InChI=1S/C19H18ClFN4O3S2/c1-11-3-6-13(9-15(11)20)23-16(26)10-25-18(22)17(19(24-25)29-2)30(27,28)14-7-4-12(21)5-8-14/h3-9H,10,22H2,1-2H3,(H,23,26). The van der Waals surface area contributed by atoms with E-state index in [2.05, 4.69) is 10.4 Å². The molecule has 0 saturated heterocycles. The fraction of sp³-hybridized carbons (Fsp3) is 0.158. The maximum atomic E-state index is 13.2. The van der Waals surface area contributed by atoms with Crippen molar-refractivity contribution in [2.24, 2.45) is 0 Å². The molecule has 0 aliphatic rings. The largest absolute Gasteiger partial charge is 0.383 e. The summed E-state index contributed by atoms with van der Waals surface area (Å²) in [6.45, 7) is 1.54. The Bertz CT molecular complexity index is 1210. The van der Waals surface area contributed by atoms with Crippen LogP contribution in [0.1, 0.15) is 5.56 Å². The molecule has 0 aliphatic heterocycles. The van der Waals surface area contributed by atoms with Crippen molar-refractivity contribution in [2.45, 2.75) is 28.3 Å². The second-order valence-electron chi connectivity index (χ2n) is 6.35. The second-order valence-corrected chi connectivity index (χ2v) is 9.44. The first kappa shape index (κ1) is 22.1. The van der Waals surface area contributed by atoms with E-state index < -0.39 is 21.6 Å². The SMILES string of the molecule is CSc1nn(CC(=O)Nc2ccc(C)c(Cl)c2)c(N)c1S(=O)(=O)c1ccc(F)cc1. The molecule has 3 rings (SSSR count). The Kier molecular flexibility index (Phi) is 6.39. The lowest BCUT2D eigenvalue weighted by Crippen LogP contribution is -2.21. The number of nitrogens with zero attached hydrogens (tertiary/aromatic N) is 2. The molecule has 158 valence electrons. The van der Waals surface area contributed by atoms with Crippen molar-refractivity contribution in [2.75, 3.05) is 17.3 Å². The molecule has 1 amide bonds. The number of nitrogens with one attached hydrogen (secondary N) is 1. The minimum atomic E-state index is -4.06. The number of nitrogen functional groups attached to an aromatic ring is 1. The Morgan fingerprint density at radius 2 is 1.93 bits per heavy atom. The molecule has 0 fully saturated rings. The van der Waals surface area contributed by atoms with Crippen molar-refractivity contribution in [3.05, 3.63) is 58.9 Å². The highest BCUT2D eigenvalue weighted by Crippen LogP contribution is 2.34. The van der Waals surface area contributed by atoms with Crippen molar-refractivity contribution in [3.63, 3.8) is 0 Å². The zero-order valence-corrected chi connectivity index (χ0v) is 18.4. The third-order valence-electron chi connectivity index (χ3n) is 4.25. The zero-order valence-electron chi connectivity index (χ0n) is 16.0. The first-order valence-corrected chi connectivity index (χ1v) is 11.7. The van der Waals surface area contributed by atoms with Gasteiger partial charge in [-0.2, -0.15) is 5.10 Å². The summed E-state index contributed by atoms with van der Waals surface area (Å²) in [6.07, 6.45) is 1.64. The minimum Gasteiger partial charge on any atom is -0.383 e. The van der Waals surface area contributed by atoms with Crippen LogP contribution in [0.2, 0.25) is 5.02 Å². The number of nitrogens with two attached hydrogens (primary N) is 1. The maximum Gasteiger partial charge on any atom is 0.246 e. The molecule has 0 bridgehead atoms. The van der Waals surface area contributed by atoms with Crippen LogP contribution in [0.5, 0.6) is 0 Å². The van der Waals surface area contributed by atoms with Gasteiger partial charge in [-0.25, -0.2) is 17.5 Å². The van der Waals surface area contributed by atoms with E-state index in [0.29, 0.717) is 10.7 Å². The van der Waals surface area contributed by atoms with Crippen LogP contribution >= 0.6 is 23.4 Å². The fourth-order valence-corrected chi connectivity index (χ4v) is 5.29. The number of sulfone groups is 1. The first-order chi connectivity index (χ1) is 14.1. The van der Waals surface area contributed by atoms with Crippen LogP contribution in [-0.4, -0.2) is 30.4 Å². The van der Waals surface area contributed by atoms with Gasteiger partial charge in [0.05, 0.1) is 4.90 Å². The van der Waals surface area contributed by atoms with E-state index in [0.717, 1.165) is 46.3 Å². The highest BCUT2D eigenvalue weighted by atomic mass is 35.5. The number of halogens is 2. The summed E-state index contributed by atoms with van der Waals surface area (Å²) in [7, 11) is -4.06. The van der Waals surface area contributed by atoms with E-state index in [1.54, 1.807) is 24.5 Å². The van der Waals surface area contributed by atoms with E-state index in [9.17, 15) is 17.6 Å². The molecule has 1 aromatic heterocycles. The molecule has 0 radical (unpaired) electrons. The Hall–Kier alpha value is -2.56. The maximum absolute atomic E-state index is 13.2. The molecule has 11 heteroatoms. The molecule has 0 saturated carbocycles. The molecular formula is C19H18ClFN4O3S2. The van der Waals surface area contributed by atoms with Gasteiger partial charge in [0.2, 0.25) is 15.7 Å². The van der Waals surface area contributed by atoms with Crippen LogP contribution in [0.25, 0.3) is 0 Å². The normalized spacial score (nSPS) is 11.5. The van der Waals surface area contributed by atoms with Gasteiger partial charge >= 0.3 is 0 Å². The molecule has 3 N–H and O–H groups in total. The third kappa shape index (κ3) is 4.45. The van der Waals surface area contributed by atoms with Gasteiger partial charge in [-0.1, -0.05) is 17.7 Å². The number of anilines is 2. The van der Waals surface area contributed by atoms with Crippen LogP contribution in [0.3, 0.4) is 0 Å². The average Bonchev–Trinajstić information content (AvgIpc) is 3.01. The number of carbonyl (C=O) groups excluding carboxylic acids is 1. The van der Waals surface area contributed by atoms with Crippen molar-refractivity contribution >= 4 is 50.6 Å². The predicted molar refractivity (Wildman–Crippen MR) is 115 cm³/mol. The monoisotopic (exact) mass is 468 g/mol. The summed E-state index contributed by atoms with van der Waals surface area (Å²) in [5.41, 5.74) is 7.41. The van der Waals surface area contributed by atoms with E-state index >= 15 is 0 Å². The number of carbonyl (C=O) groups is 1. The van der Waals surface area contributed by atoms with Crippen LogP contribution in [0.15, 0.2) is 57.3 Å². The molecule has 0 spiro atoms. The van der Waals surface area contributed by atoms with Gasteiger partial charge in [0, 0.05) is 10.7 Å². The van der Waals surface area contributed by atoms with Gasteiger partial charge in [-0.3, -0.25) is 4.79 Å². The van der Waals surface area contributed by atoms with Crippen molar-refractivity contribution < 1.29 is 17.6 Å². The molecular weight excluding hydrogens is 451 g/mol. The fourth-order valence-electron chi connectivity index (χ4n) is 2.68. The van der Waals surface area contributed by atoms with Crippen LogP contribution in [0.4, 0.5) is 15.9 Å². The second kappa shape index (κ2) is 8.66. The highest BCUT2D eigenvalue weighted by molar-refractivity contribution is 7.99. The summed E-state index contributed by atoms with van der Waals surface area (Å²) in [6, 6.07) is 9.47. The van der Waals surface area contributed by atoms with Gasteiger partial charge in [0.15, 0.2) is 0 Å². The Morgan fingerprint density at radius 1 is 1.27 bits per heavy atom. The average molecular weight is 469 g/mol. The third-order valence-corrected chi connectivity index (χ3v) is 7.29. The number of aromatic nitrogens is 2. The Balaban J connectivity index is 1.90. The molecule has 1 heterocycles. The lowest BCUT2D eigenvalue weighted by atomic mass is 10.2. The number of hydrogen-bond donors (Lipinski definition) is 2. The van der Waals surface area contributed by atoms with Crippen LogP contribution < -0.4 is 11.1 Å². The summed E-state index contributed by atoms with van der Waals surface area (Å²) < 4.78 is 40.3. The molecule has 0 aliphatic carbocycles. The van der Waals surface area contributed by atoms with Crippen LogP contribution in [0, 0.1) is 12.7 Å². The van der Waals surface area contributed by atoms with Crippen LogP contribution in [-0.2, 0) is 21.2 Å². The highest BCUT2D eigenvalue weighted by Gasteiger charge is 2.29. The molecule has 3 aromatic rings. The zero-order chi connectivity index (χ0) is 22.1. The Labute approximate surface area is 182 Å². The summed E-state index contributed by atoms with van der Waals surface area (Å²) in [5.74, 6) is -1.20. The summed E-state index contributed by atoms with van der Waals surface area (Å²) >= 11 is 7.14. The van der Waals surface area contributed by atoms with E-state index in [4.69, 9.17) is 17.3 Å². The Morgan fingerprint density at radius 3 is 2.53 bits per heavy atom. The van der Waals surface area contributed by atoms with E-state index in [-0.39, 0.29) is 27.2 Å². The van der Waals surface area contributed by atoms with E-state index in [1.165, 1.54) is 0 Å². The van der Waals surface area contributed by atoms with Gasteiger partial charge < -0.3 is 11.1 Å². The quantitative estimate of drug-likeness (QED) is 0.421.